The number of carbonyl (C=O) groups is 1. The number of allylic oxidation sites excluding steroid dienone is 12. The molecular formula is C29H30BrO2P. The summed E-state index contributed by atoms with van der Waals surface area (Å²) < 4.78 is 6.43. The third-order valence-electron chi connectivity index (χ3n) is 7.29. The Morgan fingerprint density at radius 3 is 1.70 bits per heavy atom. The minimum atomic E-state index is -3.29. The molecule has 4 heteroatoms. The molecule has 0 fully saturated rings. The number of hydrogen-bond donors (Lipinski definition) is 0. The van der Waals surface area contributed by atoms with E-state index in [1.54, 1.807) is 0 Å². The second-order valence-electron chi connectivity index (χ2n) is 9.08. The SMILES string of the molecule is CC1=C(P(Br)(C2=CCC=CC2)(C2=CCC=CC2)C2=CCC=CC2)OC(=O)C1c1ccccc1. The van der Waals surface area contributed by atoms with E-state index in [2.05, 4.69) is 77.1 Å². The van der Waals surface area contributed by atoms with Gasteiger partial charge in [-0.3, -0.25) is 0 Å². The molecule has 0 aromatic heterocycles. The zero-order chi connectivity index (χ0) is 22.9. The maximum absolute atomic E-state index is 13.5. The van der Waals surface area contributed by atoms with Crippen LogP contribution in [0.4, 0.5) is 0 Å². The van der Waals surface area contributed by atoms with E-state index in [0.29, 0.717) is 0 Å². The summed E-state index contributed by atoms with van der Waals surface area (Å²) in [5, 5.41) is 0.844. The first kappa shape index (κ1) is 22.6. The van der Waals surface area contributed by atoms with Crippen LogP contribution in [0, 0.1) is 0 Å². The normalized spacial score (nSPS) is 24.1. The molecule has 1 atom stereocenters. The molecule has 170 valence electrons. The van der Waals surface area contributed by atoms with E-state index in [-0.39, 0.29) is 11.9 Å². The first-order chi connectivity index (χ1) is 16.1. The van der Waals surface area contributed by atoms with Crippen LogP contribution in [-0.2, 0) is 9.53 Å². The minimum absolute atomic E-state index is 0.159. The van der Waals surface area contributed by atoms with Crippen LogP contribution in [0.15, 0.2) is 112 Å². The summed E-state index contributed by atoms with van der Waals surface area (Å²) in [7, 11) is 0. The van der Waals surface area contributed by atoms with E-state index < -0.39 is 5.31 Å². The van der Waals surface area contributed by atoms with E-state index in [4.69, 9.17) is 4.74 Å². The molecule has 0 amide bonds. The molecule has 1 aliphatic heterocycles. The Morgan fingerprint density at radius 1 is 0.788 bits per heavy atom. The van der Waals surface area contributed by atoms with Crippen molar-refractivity contribution in [2.24, 2.45) is 0 Å². The van der Waals surface area contributed by atoms with Gasteiger partial charge in [0, 0.05) is 0 Å². The number of esters is 1. The second kappa shape index (κ2) is 8.85. The second-order valence-corrected chi connectivity index (χ2v) is 17.5. The van der Waals surface area contributed by atoms with Crippen molar-refractivity contribution in [3.63, 3.8) is 0 Å². The molecule has 0 saturated heterocycles. The Balaban J connectivity index is 1.81. The molecule has 0 N–H and O–H groups in total. The zero-order valence-corrected chi connectivity index (χ0v) is 21.5. The molecule has 1 heterocycles. The zero-order valence-electron chi connectivity index (χ0n) is 19.0. The van der Waals surface area contributed by atoms with Crippen LogP contribution < -0.4 is 0 Å². The van der Waals surface area contributed by atoms with Gasteiger partial charge in [0.1, 0.15) is 0 Å². The number of hydrogen-bond acceptors (Lipinski definition) is 2. The Kier molecular flexibility index (Phi) is 6.05. The molecule has 3 aliphatic carbocycles. The number of halogens is 1. The van der Waals surface area contributed by atoms with Crippen molar-refractivity contribution >= 4 is 26.8 Å². The predicted molar refractivity (Wildman–Crippen MR) is 143 cm³/mol. The number of carbonyl (C=O) groups excluding carboxylic acids is 1. The average Bonchev–Trinajstić information content (AvgIpc) is 3.20. The first-order valence-electron chi connectivity index (χ1n) is 11.8. The molecule has 33 heavy (non-hydrogen) atoms. The first-order valence-corrected chi connectivity index (χ1v) is 16.1. The van der Waals surface area contributed by atoms with Crippen LogP contribution >= 0.6 is 20.8 Å². The molecule has 1 unspecified atom stereocenters. The van der Waals surface area contributed by atoms with Crippen molar-refractivity contribution in [3.05, 3.63) is 118 Å². The Hall–Kier alpha value is -2.22. The maximum atomic E-state index is 13.5. The van der Waals surface area contributed by atoms with E-state index in [1.165, 1.54) is 15.9 Å². The number of ether oxygens (including phenoxy) is 1. The molecule has 4 aliphatic rings. The monoisotopic (exact) mass is 520 g/mol. The summed E-state index contributed by atoms with van der Waals surface area (Å²) in [5.41, 5.74) is 2.92. The predicted octanol–water partition coefficient (Wildman–Crippen LogP) is 9.12. The van der Waals surface area contributed by atoms with Crippen LogP contribution in [0.25, 0.3) is 0 Å². The molecule has 0 saturated carbocycles. The van der Waals surface area contributed by atoms with Gasteiger partial charge in [0.2, 0.25) is 0 Å². The van der Waals surface area contributed by atoms with E-state index in [1.807, 2.05) is 30.3 Å². The molecular weight excluding hydrogens is 491 g/mol. The van der Waals surface area contributed by atoms with Crippen molar-refractivity contribution in [1.82, 2.24) is 0 Å². The fourth-order valence-corrected chi connectivity index (χ4v) is 15.0. The summed E-state index contributed by atoms with van der Waals surface area (Å²) in [5.74, 6) is -0.521. The summed E-state index contributed by atoms with van der Waals surface area (Å²) in [6.45, 7) is 2.11. The van der Waals surface area contributed by atoms with Crippen molar-refractivity contribution < 1.29 is 9.53 Å². The average molecular weight is 521 g/mol. The van der Waals surface area contributed by atoms with Gasteiger partial charge in [-0.05, 0) is 0 Å². The van der Waals surface area contributed by atoms with Gasteiger partial charge in [0.05, 0.1) is 0 Å². The van der Waals surface area contributed by atoms with Gasteiger partial charge < -0.3 is 0 Å². The topological polar surface area (TPSA) is 26.3 Å². The molecule has 1 aromatic rings. The fourth-order valence-electron chi connectivity index (χ4n) is 5.72. The number of cyclic esters (lactones) is 1. The number of rotatable bonds is 5. The van der Waals surface area contributed by atoms with Crippen molar-refractivity contribution in [3.8, 4) is 0 Å². The third kappa shape index (κ3) is 3.44. The molecule has 5 rings (SSSR count). The van der Waals surface area contributed by atoms with Crippen molar-refractivity contribution in [1.29, 1.82) is 0 Å². The van der Waals surface area contributed by atoms with Gasteiger partial charge in [-0.15, -0.1) is 0 Å². The molecule has 0 spiro atoms. The Labute approximate surface area is 204 Å². The quantitative estimate of drug-likeness (QED) is 0.219. The van der Waals surface area contributed by atoms with Gasteiger partial charge in [-0.1, -0.05) is 0 Å². The Bertz CT molecular complexity index is 1110. The van der Waals surface area contributed by atoms with E-state index in [0.717, 1.165) is 55.2 Å². The van der Waals surface area contributed by atoms with Crippen molar-refractivity contribution in [2.45, 2.75) is 51.4 Å². The molecule has 0 bridgehead atoms. The van der Waals surface area contributed by atoms with Gasteiger partial charge in [-0.2, -0.15) is 0 Å². The standard InChI is InChI=1S/C29H30BrO2P/c1-22-27(23-14-6-2-7-15-23)28(31)32-29(22)33(30,24-16-8-3-9-17-24,25-18-10-4-11-19-25)26-20-12-5-13-21-26/h2-8,10,12,14-15,17,19,21,27H,9,11,13,16,18,20H2,1H3. The van der Waals surface area contributed by atoms with E-state index in [9.17, 15) is 4.79 Å². The number of benzene rings is 1. The molecule has 1 aromatic carbocycles. The molecule has 2 nitrogen and oxygen atoms in total. The van der Waals surface area contributed by atoms with Gasteiger partial charge in [0.15, 0.2) is 0 Å². The summed E-state index contributed by atoms with van der Waals surface area (Å²) in [4.78, 5) is 13.5. The van der Waals surface area contributed by atoms with Crippen LogP contribution in [0.2, 0.25) is 0 Å². The summed E-state index contributed by atoms with van der Waals surface area (Å²) in [6.07, 6.45) is 26.0. The fraction of sp³-hybridized carbons (Fsp3) is 0.276. The summed E-state index contributed by atoms with van der Waals surface area (Å²) in [6, 6.07) is 10.1. The van der Waals surface area contributed by atoms with Gasteiger partial charge in [-0.25, -0.2) is 0 Å². The Morgan fingerprint density at radius 2 is 1.27 bits per heavy atom. The van der Waals surface area contributed by atoms with Crippen molar-refractivity contribution in [2.75, 3.05) is 0 Å². The van der Waals surface area contributed by atoms with Gasteiger partial charge >= 0.3 is 205 Å². The van der Waals surface area contributed by atoms with Crippen LogP contribution in [0.1, 0.15) is 56.9 Å². The van der Waals surface area contributed by atoms with Crippen LogP contribution in [-0.4, -0.2) is 5.97 Å². The van der Waals surface area contributed by atoms with E-state index >= 15 is 0 Å². The van der Waals surface area contributed by atoms with Crippen LogP contribution in [0.5, 0.6) is 0 Å². The van der Waals surface area contributed by atoms with Gasteiger partial charge in [0.25, 0.3) is 0 Å². The third-order valence-corrected chi connectivity index (χ3v) is 17.9. The van der Waals surface area contributed by atoms with Crippen LogP contribution in [0.3, 0.4) is 0 Å². The molecule has 0 radical (unpaired) electrons. The summed E-state index contributed by atoms with van der Waals surface area (Å²) >= 11 is 4.56.